The number of nitrogens with zero attached hydrogens (tertiary/aromatic N) is 1. The number of halogens is 1. The largest absolute Gasteiger partial charge is 0.348 e. The molecule has 1 aliphatic rings. The predicted molar refractivity (Wildman–Crippen MR) is 124 cm³/mol. The summed E-state index contributed by atoms with van der Waals surface area (Å²) in [6.07, 6.45) is 3.51. The lowest BCUT2D eigenvalue weighted by Crippen LogP contribution is -2.46. The van der Waals surface area contributed by atoms with Gasteiger partial charge in [-0.3, -0.25) is 9.59 Å². The molecule has 1 aliphatic heterocycles. The van der Waals surface area contributed by atoms with Gasteiger partial charge >= 0.3 is 11.8 Å². The summed E-state index contributed by atoms with van der Waals surface area (Å²) in [4.78, 5) is 24.3. The van der Waals surface area contributed by atoms with Crippen LogP contribution in [0.15, 0.2) is 59.5 Å². The molecule has 32 heavy (non-hydrogen) atoms. The lowest BCUT2D eigenvalue weighted by molar-refractivity contribution is -0.139. The minimum Gasteiger partial charge on any atom is -0.348 e. The van der Waals surface area contributed by atoms with Crippen LogP contribution in [0.1, 0.15) is 31.2 Å². The van der Waals surface area contributed by atoms with Crippen molar-refractivity contribution in [2.75, 3.05) is 19.6 Å². The van der Waals surface area contributed by atoms with E-state index in [1.54, 1.807) is 12.1 Å². The maximum absolute atomic E-state index is 13.1. The molecule has 0 spiro atoms. The van der Waals surface area contributed by atoms with Crippen molar-refractivity contribution in [2.45, 2.75) is 43.0 Å². The summed E-state index contributed by atoms with van der Waals surface area (Å²) >= 11 is 5.88. The summed E-state index contributed by atoms with van der Waals surface area (Å²) in [6, 6.07) is 15.6. The van der Waals surface area contributed by atoms with Gasteiger partial charge in [-0.2, -0.15) is 4.31 Å². The molecule has 0 aromatic heterocycles. The molecule has 2 amide bonds. The quantitative estimate of drug-likeness (QED) is 0.571. The number of piperidine rings is 1. The van der Waals surface area contributed by atoms with Gasteiger partial charge in [0.2, 0.25) is 10.0 Å². The zero-order chi connectivity index (χ0) is 23.0. The van der Waals surface area contributed by atoms with Crippen LogP contribution >= 0.6 is 11.6 Å². The van der Waals surface area contributed by atoms with Crippen LogP contribution in [-0.4, -0.2) is 50.2 Å². The molecule has 1 atom stereocenters. The second-order valence-corrected chi connectivity index (χ2v) is 10.1. The molecule has 1 heterocycles. The number of carbonyl (C=O) groups is 2. The molecule has 7 nitrogen and oxygen atoms in total. The van der Waals surface area contributed by atoms with E-state index in [9.17, 15) is 18.0 Å². The zero-order valence-corrected chi connectivity index (χ0v) is 19.4. The predicted octanol–water partition coefficient (Wildman–Crippen LogP) is 2.75. The molecule has 9 heteroatoms. The highest BCUT2D eigenvalue weighted by molar-refractivity contribution is 7.89. The normalized spacial score (nSPS) is 17.0. The molecule has 0 saturated carbocycles. The van der Waals surface area contributed by atoms with E-state index in [2.05, 4.69) is 10.6 Å². The van der Waals surface area contributed by atoms with Crippen LogP contribution in [0, 0.1) is 0 Å². The number of nitrogens with one attached hydrogen (secondary N) is 2. The smallest absolute Gasteiger partial charge is 0.309 e. The standard InChI is InChI=1S/C23H28ClN3O4S/c24-19-9-11-21(12-10-19)32(30,31)27-17-5-4-8-20(27)14-16-26-23(29)22(28)25-15-13-18-6-2-1-3-7-18/h1-3,6-7,9-12,20H,4-5,8,13-17H2,(H,25,28)(H,26,29)/t20-/m0/s1. The van der Waals surface area contributed by atoms with Gasteiger partial charge in [0.1, 0.15) is 0 Å². The fourth-order valence-corrected chi connectivity index (χ4v) is 5.65. The van der Waals surface area contributed by atoms with E-state index < -0.39 is 21.8 Å². The number of carbonyl (C=O) groups excluding carboxylic acids is 2. The molecule has 1 saturated heterocycles. The first-order valence-electron chi connectivity index (χ1n) is 10.8. The first-order valence-corrected chi connectivity index (χ1v) is 12.6. The summed E-state index contributed by atoms with van der Waals surface area (Å²) < 4.78 is 27.7. The number of sulfonamides is 1. The first kappa shape index (κ1) is 24.2. The minimum absolute atomic E-state index is 0.204. The lowest BCUT2D eigenvalue weighted by Gasteiger charge is -2.34. The summed E-state index contributed by atoms with van der Waals surface area (Å²) in [5, 5.41) is 5.69. The van der Waals surface area contributed by atoms with Crippen molar-refractivity contribution in [2.24, 2.45) is 0 Å². The molecule has 0 radical (unpaired) electrons. The van der Waals surface area contributed by atoms with Gasteiger partial charge in [0, 0.05) is 30.7 Å². The monoisotopic (exact) mass is 477 g/mol. The summed E-state index contributed by atoms with van der Waals surface area (Å²) in [5.41, 5.74) is 1.08. The Morgan fingerprint density at radius 3 is 2.28 bits per heavy atom. The zero-order valence-electron chi connectivity index (χ0n) is 17.8. The molecule has 2 N–H and O–H groups in total. The summed E-state index contributed by atoms with van der Waals surface area (Å²) in [5.74, 6) is -1.39. The molecular formula is C23H28ClN3O4S. The van der Waals surface area contributed by atoms with Gasteiger partial charge in [-0.15, -0.1) is 0 Å². The van der Waals surface area contributed by atoms with E-state index in [4.69, 9.17) is 11.6 Å². The van der Waals surface area contributed by atoms with Crippen molar-refractivity contribution < 1.29 is 18.0 Å². The third kappa shape index (κ3) is 6.54. The van der Waals surface area contributed by atoms with E-state index in [0.29, 0.717) is 37.4 Å². The lowest BCUT2D eigenvalue weighted by atomic mass is 10.0. The van der Waals surface area contributed by atoms with Crippen LogP contribution in [0.5, 0.6) is 0 Å². The Kier molecular flexibility index (Phi) is 8.67. The second kappa shape index (κ2) is 11.4. The minimum atomic E-state index is -3.65. The topological polar surface area (TPSA) is 95.6 Å². The van der Waals surface area contributed by atoms with Gasteiger partial charge < -0.3 is 10.6 Å². The molecule has 0 bridgehead atoms. The van der Waals surface area contributed by atoms with Gasteiger partial charge in [0.25, 0.3) is 0 Å². The van der Waals surface area contributed by atoms with Crippen molar-refractivity contribution in [3.05, 3.63) is 65.2 Å². The number of hydrogen-bond acceptors (Lipinski definition) is 4. The summed E-state index contributed by atoms with van der Waals surface area (Å²) in [6.45, 7) is 1.03. The Morgan fingerprint density at radius 1 is 0.938 bits per heavy atom. The van der Waals surface area contributed by atoms with Gasteiger partial charge in [-0.1, -0.05) is 48.4 Å². The highest BCUT2D eigenvalue weighted by atomic mass is 35.5. The van der Waals surface area contributed by atoms with Crippen LogP contribution in [0.4, 0.5) is 0 Å². The van der Waals surface area contributed by atoms with Gasteiger partial charge in [-0.25, -0.2) is 8.42 Å². The molecule has 2 aromatic rings. The fourth-order valence-electron chi connectivity index (χ4n) is 3.80. The van der Waals surface area contributed by atoms with Crippen LogP contribution < -0.4 is 10.6 Å². The maximum atomic E-state index is 13.1. The highest BCUT2D eigenvalue weighted by Crippen LogP contribution is 2.27. The third-order valence-corrected chi connectivity index (χ3v) is 7.72. The average molecular weight is 478 g/mol. The second-order valence-electron chi connectivity index (χ2n) is 7.76. The van der Waals surface area contributed by atoms with Crippen molar-refractivity contribution in [1.82, 2.24) is 14.9 Å². The van der Waals surface area contributed by atoms with E-state index >= 15 is 0 Å². The van der Waals surface area contributed by atoms with Gasteiger partial charge in [-0.05, 0) is 55.5 Å². The average Bonchev–Trinajstić information content (AvgIpc) is 2.80. The van der Waals surface area contributed by atoms with E-state index in [-0.39, 0.29) is 17.5 Å². The molecule has 0 aliphatic carbocycles. The number of amides is 2. The van der Waals surface area contributed by atoms with Gasteiger partial charge in [0.05, 0.1) is 4.90 Å². The van der Waals surface area contributed by atoms with Crippen LogP contribution in [0.25, 0.3) is 0 Å². The van der Waals surface area contributed by atoms with E-state index in [0.717, 1.165) is 18.4 Å². The molecule has 172 valence electrons. The number of hydrogen-bond donors (Lipinski definition) is 2. The Bertz CT molecular complexity index is 1010. The maximum Gasteiger partial charge on any atom is 0.309 e. The van der Waals surface area contributed by atoms with Gasteiger partial charge in [0.15, 0.2) is 0 Å². The van der Waals surface area contributed by atoms with Crippen LogP contribution in [0.2, 0.25) is 5.02 Å². The van der Waals surface area contributed by atoms with E-state index in [1.807, 2.05) is 30.3 Å². The summed E-state index contributed by atoms with van der Waals surface area (Å²) in [7, 11) is -3.65. The van der Waals surface area contributed by atoms with Crippen molar-refractivity contribution in [3.8, 4) is 0 Å². The molecule has 0 unspecified atom stereocenters. The van der Waals surface area contributed by atoms with Crippen molar-refractivity contribution >= 4 is 33.4 Å². The fraction of sp³-hybridized carbons (Fsp3) is 0.391. The molecule has 3 rings (SSSR count). The Balaban J connectivity index is 1.48. The SMILES string of the molecule is O=C(NCCc1ccccc1)C(=O)NCC[C@@H]1CCCCN1S(=O)(=O)c1ccc(Cl)cc1. The van der Waals surface area contributed by atoms with Crippen molar-refractivity contribution in [3.63, 3.8) is 0 Å². The Labute approximate surface area is 194 Å². The first-order chi connectivity index (χ1) is 15.4. The van der Waals surface area contributed by atoms with Crippen molar-refractivity contribution in [1.29, 1.82) is 0 Å². The van der Waals surface area contributed by atoms with Crippen LogP contribution in [-0.2, 0) is 26.0 Å². The molecule has 2 aromatic carbocycles. The number of rotatable bonds is 8. The van der Waals surface area contributed by atoms with E-state index in [1.165, 1.54) is 16.4 Å². The molecular weight excluding hydrogens is 450 g/mol. The Morgan fingerprint density at radius 2 is 1.59 bits per heavy atom. The van der Waals surface area contributed by atoms with Crippen LogP contribution in [0.3, 0.4) is 0 Å². The molecule has 1 fully saturated rings. The third-order valence-electron chi connectivity index (χ3n) is 5.50. The highest BCUT2D eigenvalue weighted by Gasteiger charge is 2.33. The number of benzene rings is 2. The Hall–Kier alpha value is -2.42.